The van der Waals surface area contributed by atoms with E-state index in [1.807, 2.05) is 25.7 Å². The molecule has 24 heavy (non-hydrogen) atoms. The number of likely N-dealkylation sites (tertiary alicyclic amines) is 1. The van der Waals surface area contributed by atoms with Gasteiger partial charge in [0.1, 0.15) is 5.60 Å². The van der Waals surface area contributed by atoms with Gasteiger partial charge in [0.05, 0.1) is 0 Å². The second-order valence-corrected chi connectivity index (χ2v) is 9.07. The third-order valence-corrected chi connectivity index (χ3v) is 5.36. The van der Waals surface area contributed by atoms with Gasteiger partial charge in [-0.2, -0.15) is 0 Å². The van der Waals surface area contributed by atoms with Gasteiger partial charge in [0.2, 0.25) is 0 Å². The Hall–Kier alpha value is -0.770. The molecule has 0 aromatic carbocycles. The number of nitrogens with one attached hydrogen (secondary N) is 1. The average molecular weight is 339 g/mol. The molecule has 2 rings (SSSR count). The molecule has 0 radical (unpaired) electrons. The lowest BCUT2D eigenvalue weighted by Gasteiger charge is -2.34. The van der Waals surface area contributed by atoms with E-state index in [2.05, 4.69) is 19.2 Å². The standard InChI is InChI=1S/C20H38N2O2/c1-15(2)9-7-13-21-17-11-6-10-16(17)18-12-8-14-22(18)19(23)24-20(3,4)5/h15-18,21H,6-14H2,1-5H3. The van der Waals surface area contributed by atoms with Crippen molar-refractivity contribution in [3.05, 3.63) is 0 Å². The van der Waals surface area contributed by atoms with Gasteiger partial charge in [0.15, 0.2) is 0 Å². The van der Waals surface area contributed by atoms with Crippen molar-refractivity contribution in [1.29, 1.82) is 0 Å². The van der Waals surface area contributed by atoms with Crippen molar-refractivity contribution in [2.75, 3.05) is 13.1 Å². The summed E-state index contributed by atoms with van der Waals surface area (Å²) < 4.78 is 5.64. The van der Waals surface area contributed by atoms with Crippen LogP contribution in [0.4, 0.5) is 4.79 Å². The lowest BCUT2D eigenvalue weighted by Crippen LogP contribution is -2.47. The maximum atomic E-state index is 12.6. The van der Waals surface area contributed by atoms with Crippen LogP contribution < -0.4 is 5.32 Å². The van der Waals surface area contributed by atoms with Gasteiger partial charge in [0, 0.05) is 18.6 Å². The Balaban J connectivity index is 1.89. The van der Waals surface area contributed by atoms with Gasteiger partial charge < -0.3 is 15.0 Å². The van der Waals surface area contributed by atoms with Crippen LogP contribution in [0.15, 0.2) is 0 Å². The first-order valence-electron chi connectivity index (χ1n) is 10.0. The molecule has 4 heteroatoms. The van der Waals surface area contributed by atoms with E-state index in [1.54, 1.807) is 0 Å². The Morgan fingerprint density at radius 1 is 1.21 bits per heavy atom. The van der Waals surface area contributed by atoms with Crippen LogP contribution in [0.25, 0.3) is 0 Å². The number of hydrogen-bond donors (Lipinski definition) is 1. The lowest BCUT2D eigenvalue weighted by molar-refractivity contribution is 0.0167. The van der Waals surface area contributed by atoms with Crippen LogP contribution in [0.1, 0.15) is 79.6 Å². The summed E-state index contributed by atoms with van der Waals surface area (Å²) >= 11 is 0. The first kappa shape index (κ1) is 19.6. The third-order valence-electron chi connectivity index (χ3n) is 5.36. The zero-order chi connectivity index (χ0) is 17.7. The van der Waals surface area contributed by atoms with Gasteiger partial charge in [0.25, 0.3) is 0 Å². The number of carbonyl (C=O) groups excluding carboxylic acids is 1. The van der Waals surface area contributed by atoms with E-state index < -0.39 is 5.60 Å². The third kappa shape index (κ3) is 5.65. The molecular weight excluding hydrogens is 300 g/mol. The number of carbonyl (C=O) groups is 1. The van der Waals surface area contributed by atoms with Gasteiger partial charge >= 0.3 is 6.09 Å². The second kappa shape index (κ2) is 8.55. The van der Waals surface area contributed by atoms with Gasteiger partial charge in [-0.15, -0.1) is 0 Å². The minimum Gasteiger partial charge on any atom is -0.444 e. The average Bonchev–Trinajstić information content (AvgIpc) is 3.09. The Morgan fingerprint density at radius 3 is 2.62 bits per heavy atom. The molecule has 1 aliphatic heterocycles. The highest BCUT2D eigenvalue weighted by Gasteiger charge is 2.41. The molecule has 1 amide bonds. The molecule has 140 valence electrons. The van der Waals surface area contributed by atoms with E-state index in [4.69, 9.17) is 4.74 Å². The van der Waals surface area contributed by atoms with E-state index in [-0.39, 0.29) is 6.09 Å². The van der Waals surface area contributed by atoms with Crippen molar-refractivity contribution < 1.29 is 9.53 Å². The maximum Gasteiger partial charge on any atom is 0.410 e. The summed E-state index contributed by atoms with van der Waals surface area (Å²) in [6.45, 7) is 12.4. The number of amides is 1. The van der Waals surface area contributed by atoms with Gasteiger partial charge in [-0.25, -0.2) is 4.79 Å². The lowest BCUT2D eigenvalue weighted by atomic mass is 9.92. The van der Waals surface area contributed by atoms with Crippen LogP contribution in [0.5, 0.6) is 0 Å². The number of ether oxygens (including phenoxy) is 1. The van der Waals surface area contributed by atoms with Crippen molar-refractivity contribution in [1.82, 2.24) is 10.2 Å². The largest absolute Gasteiger partial charge is 0.444 e. The maximum absolute atomic E-state index is 12.6. The Morgan fingerprint density at radius 2 is 1.96 bits per heavy atom. The summed E-state index contributed by atoms with van der Waals surface area (Å²) in [4.78, 5) is 14.6. The van der Waals surface area contributed by atoms with Gasteiger partial charge in [-0.3, -0.25) is 0 Å². The van der Waals surface area contributed by atoms with E-state index in [0.29, 0.717) is 18.0 Å². The molecule has 1 saturated heterocycles. The quantitative estimate of drug-likeness (QED) is 0.721. The summed E-state index contributed by atoms with van der Waals surface area (Å²) in [5.74, 6) is 1.38. The summed E-state index contributed by atoms with van der Waals surface area (Å²) in [6.07, 6.45) is 8.45. The molecule has 0 bridgehead atoms. The fourth-order valence-corrected chi connectivity index (χ4v) is 4.29. The predicted octanol–water partition coefficient (Wildman–Crippen LogP) is 4.58. The fraction of sp³-hybridized carbons (Fsp3) is 0.950. The molecule has 1 N–H and O–H groups in total. The minimum absolute atomic E-state index is 0.115. The molecule has 1 saturated carbocycles. The highest BCUT2D eigenvalue weighted by Crippen LogP contribution is 2.36. The van der Waals surface area contributed by atoms with Crippen molar-refractivity contribution in [3.63, 3.8) is 0 Å². The summed E-state index contributed by atoms with van der Waals surface area (Å²) in [6, 6.07) is 0.940. The first-order chi connectivity index (χ1) is 11.3. The molecule has 2 aliphatic rings. The van der Waals surface area contributed by atoms with Crippen LogP contribution in [-0.2, 0) is 4.74 Å². The van der Waals surface area contributed by atoms with E-state index in [1.165, 1.54) is 32.1 Å². The molecule has 1 aliphatic carbocycles. The normalized spacial score (nSPS) is 27.9. The fourth-order valence-electron chi connectivity index (χ4n) is 4.29. The van der Waals surface area contributed by atoms with Crippen LogP contribution in [-0.4, -0.2) is 41.8 Å². The first-order valence-corrected chi connectivity index (χ1v) is 10.0. The van der Waals surface area contributed by atoms with Crippen molar-refractivity contribution in [3.8, 4) is 0 Å². The Labute approximate surface area is 148 Å². The molecule has 0 spiro atoms. The smallest absolute Gasteiger partial charge is 0.410 e. The van der Waals surface area contributed by atoms with Gasteiger partial charge in [-0.05, 0) is 77.7 Å². The molecular formula is C20H38N2O2. The molecule has 1 heterocycles. The predicted molar refractivity (Wildman–Crippen MR) is 99.2 cm³/mol. The zero-order valence-corrected chi connectivity index (χ0v) is 16.4. The zero-order valence-electron chi connectivity index (χ0n) is 16.4. The van der Waals surface area contributed by atoms with Crippen molar-refractivity contribution in [2.24, 2.45) is 11.8 Å². The van der Waals surface area contributed by atoms with Crippen LogP contribution >= 0.6 is 0 Å². The number of nitrogens with zero attached hydrogens (tertiary/aromatic N) is 1. The Bertz CT molecular complexity index is 403. The van der Waals surface area contributed by atoms with Crippen molar-refractivity contribution >= 4 is 6.09 Å². The van der Waals surface area contributed by atoms with E-state index >= 15 is 0 Å². The Kier molecular flexibility index (Phi) is 6.97. The molecule has 3 unspecified atom stereocenters. The summed E-state index contributed by atoms with van der Waals surface area (Å²) in [5, 5.41) is 3.79. The van der Waals surface area contributed by atoms with E-state index in [0.717, 1.165) is 31.8 Å². The molecule has 0 aromatic heterocycles. The highest BCUT2D eigenvalue weighted by atomic mass is 16.6. The van der Waals surface area contributed by atoms with E-state index in [9.17, 15) is 4.79 Å². The summed E-state index contributed by atoms with van der Waals surface area (Å²) in [5.41, 5.74) is -0.408. The molecule has 0 aromatic rings. The van der Waals surface area contributed by atoms with Crippen LogP contribution in [0.2, 0.25) is 0 Å². The monoisotopic (exact) mass is 338 g/mol. The summed E-state index contributed by atoms with van der Waals surface area (Å²) in [7, 11) is 0. The van der Waals surface area contributed by atoms with Crippen LogP contribution in [0.3, 0.4) is 0 Å². The van der Waals surface area contributed by atoms with Crippen LogP contribution in [0, 0.1) is 11.8 Å². The number of hydrogen-bond acceptors (Lipinski definition) is 3. The highest BCUT2D eigenvalue weighted by molar-refractivity contribution is 5.69. The molecule has 4 nitrogen and oxygen atoms in total. The van der Waals surface area contributed by atoms with Gasteiger partial charge in [-0.1, -0.05) is 20.3 Å². The minimum atomic E-state index is -0.408. The second-order valence-electron chi connectivity index (χ2n) is 9.07. The molecule has 3 atom stereocenters. The SMILES string of the molecule is CC(C)CCCNC1CCCC1C1CCCN1C(=O)OC(C)(C)C. The van der Waals surface area contributed by atoms with Crippen molar-refractivity contribution in [2.45, 2.75) is 97.2 Å². The topological polar surface area (TPSA) is 41.6 Å². The molecule has 2 fully saturated rings. The number of rotatable bonds is 6.